The number of rotatable bonds is 9. The van der Waals surface area contributed by atoms with Gasteiger partial charge in [0.1, 0.15) is 0 Å². The summed E-state index contributed by atoms with van der Waals surface area (Å²) in [6, 6.07) is 15.0. The van der Waals surface area contributed by atoms with Crippen LogP contribution in [0.5, 0.6) is 0 Å². The highest BCUT2D eigenvalue weighted by Crippen LogP contribution is 2.22. The van der Waals surface area contributed by atoms with E-state index in [2.05, 4.69) is 5.32 Å². The topological polar surface area (TPSA) is 77.8 Å². The Bertz CT molecular complexity index is 1070. The number of nitrogens with two attached hydrogens (primary N) is 1. The van der Waals surface area contributed by atoms with E-state index in [4.69, 9.17) is 21.4 Å². The number of fused-ring (bicyclic) bond motifs is 1. The van der Waals surface area contributed by atoms with Gasteiger partial charge in [-0.15, -0.1) is 0 Å². The highest BCUT2D eigenvalue weighted by atomic mass is 35.5. The van der Waals surface area contributed by atoms with Gasteiger partial charge in [-0.3, -0.25) is 9.59 Å². The standard InChI is InChI=1S/C23H26ClN3O3.ClH/c1-25-14-13-18(11-12-22(28)30-2)27-23(29)20-6-4-3-5-19(20)21(26-27)15-16-7-9-17(24)10-8-16;/h3-10,18,25H,11-15H2,1-2H3;1H. The van der Waals surface area contributed by atoms with Crippen molar-refractivity contribution in [3.05, 3.63) is 75.2 Å². The normalized spacial score (nSPS) is 11.7. The molecule has 8 heteroatoms. The Morgan fingerprint density at radius 3 is 2.45 bits per heavy atom. The zero-order valence-corrected chi connectivity index (χ0v) is 19.2. The third kappa shape index (κ3) is 6.29. The van der Waals surface area contributed by atoms with E-state index in [-0.39, 0.29) is 36.4 Å². The first kappa shape index (κ1) is 24.9. The minimum absolute atomic E-state index is 0. The monoisotopic (exact) mass is 463 g/mol. The lowest BCUT2D eigenvalue weighted by molar-refractivity contribution is -0.627. The summed E-state index contributed by atoms with van der Waals surface area (Å²) >= 11 is 6.02. The lowest BCUT2D eigenvalue weighted by atomic mass is 10.0. The van der Waals surface area contributed by atoms with Crippen LogP contribution >= 0.6 is 11.6 Å². The van der Waals surface area contributed by atoms with E-state index in [0.29, 0.717) is 23.3 Å². The molecule has 0 saturated heterocycles. The van der Waals surface area contributed by atoms with Crippen molar-refractivity contribution in [2.75, 3.05) is 20.7 Å². The van der Waals surface area contributed by atoms with Crippen molar-refractivity contribution >= 4 is 28.3 Å². The minimum Gasteiger partial charge on any atom is -1.00 e. The SMILES string of the molecule is C[NH2+]CCC(CCC(=O)OC)n1nc(Cc2ccc(Cl)cc2)c2ccccc2c1=O.[Cl-]. The summed E-state index contributed by atoms with van der Waals surface area (Å²) in [5.41, 5.74) is 1.77. The number of quaternary nitrogens is 1. The lowest BCUT2D eigenvalue weighted by Crippen LogP contribution is -3.00. The highest BCUT2D eigenvalue weighted by Gasteiger charge is 2.20. The number of ether oxygens (including phenoxy) is 1. The first-order chi connectivity index (χ1) is 14.5. The molecular weight excluding hydrogens is 437 g/mol. The molecule has 2 aromatic carbocycles. The van der Waals surface area contributed by atoms with Gasteiger partial charge in [0, 0.05) is 29.7 Å². The molecule has 3 aromatic rings. The van der Waals surface area contributed by atoms with E-state index < -0.39 is 0 Å². The summed E-state index contributed by atoms with van der Waals surface area (Å²) in [7, 11) is 3.36. The van der Waals surface area contributed by atoms with Crippen LogP contribution in [0.4, 0.5) is 0 Å². The smallest absolute Gasteiger partial charge is 0.305 e. The number of carbonyl (C=O) groups excluding carboxylic acids is 1. The molecule has 0 fully saturated rings. The Kier molecular flexibility index (Phi) is 9.49. The second-order valence-corrected chi connectivity index (χ2v) is 7.74. The van der Waals surface area contributed by atoms with Crippen LogP contribution in [-0.2, 0) is 16.0 Å². The maximum atomic E-state index is 13.3. The number of hydrogen-bond acceptors (Lipinski definition) is 4. The number of nitrogens with zero attached hydrogens (tertiary/aromatic N) is 2. The zero-order valence-electron chi connectivity index (χ0n) is 17.7. The van der Waals surface area contributed by atoms with E-state index in [1.807, 2.05) is 55.6 Å². The van der Waals surface area contributed by atoms with Gasteiger partial charge in [0.15, 0.2) is 0 Å². The number of benzene rings is 2. The molecule has 2 N–H and O–H groups in total. The molecule has 166 valence electrons. The van der Waals surface area contributed by atoms with Crippen LogP contribution in [0.1, 0.15) is 36.6 Å². The first-order valence-electron chi connectivity index (χ1n) is 10.1. The van der Waals surface area contributed by atoms with Crippen molar-refractivity contribution in [1.29, 1.82) is 0 Å². The fourth-order valence-electron chi connectivity index (χ4n) is 3.58. The van der Waals surface area contributed by atoms with E-state index >= 15 is 0 Å². The van der Waals surface area contributed by atoms with Crippen LogP contribution in [0.25, 0.3) is 10.8 Å². The Hall–Kier alpha value is -2.41. The summed E-state index contributed by atoms with van der Waals surface area (Å²) in [4.78, 5) is 25.0. The van der Waals surface area contributed by atoms with Crippen LogP contribution in [0.15, 0.2) is 53.3 Å². The molecule has 0 bridgehead atoms. The van der Waals surface area contributed by atoms with E-state index in [1.54, 1.807) is 4.68 Å². The van der Waals surface area contributed by atoms with Gasteiger partial charge < -0.3 is 22.5 Å². The van der Waals surface area contributed by atoms with Crippen LogP contribution in [0.3, 0.4) is 0 Å². The van der Waals surface area contributed by atoms with Gasteiger partial charge in [-0.1, -0.05) is 41.9 Å². The Labute approximate surface area is 193 Å². The van der Waals surface area contributed by atoms with Crippen molar-refractivity contribution < 1.29 is 27.3 Å². The Balaban J connectivity index is 0.00000341. The third-order valence-corrected chi connectivity index (χ3v) is 5.49. The van der Waals surface area contributed by atoms with Crippen molar-refractivity contribution in [1.82, 2.24) is 9.78 Å². The summed E-state index contributed by atoms with van der Waals surface area (Å²) in [6.07, 6.45) is 2.07. The van der Waals surface area contributed by atoms with E-state index in [1.165, 1.54) is 7.11 Å². The highest BCUT2D eigenvalue weighted by molar-refractivity contribution is 6.30. The molecule has 31 heavy (non-hydrogen) atoms. The summed E-state index contributed by atoms with van der Waals surface area (Å²) in [5.74, 6) is -0.282. The zero-order chi connectivity index (χ0) is 21.5. The molecule has 1 aromatic heterocycles. The maximum Gasteiger partial charge on any atom is 0.305 e. The molecule has 1 heterocycles. The molecule has 0 saturated carbocycles. The van der Waals surface area contributed by atoms with Crippen molar-refractivity contribution in [2.24, 2.45) is 0 Å². The lowest BCUT2D eigenvalue weighted by Gasteiger charge is -2.19. The molecule has 3 rings (SSSR count). The number of carbonyl (C=O) groups is 1. The van der Waals surface area contributed by atoms with Crippen LogP contribution < -0.4 is 23.3 Å². The average molecular weight is 464 g/mol. The van der Waals surface area contributed by atoms with Gasteiger partial charge in [-0.05, 0) is 30.2 Å². The Morgan fingerprint density at radius 2 is 1.81 bits per heavy atom. The molecule has 1 unspecified atom stereocenters. The molecule has 0 spiro atoms. The fourth-order valence-corrected chi connectivity index (χ4v) is 3.71. The van der Waals surface area contributed by atoms with Crippen molar-refractivity contribution in [3.8, 4) is 0 Å². The van der Waals surface area contributed by atoms with Gasteiger partial charge >= 0.3 is 5.97 Å². The van der Waals surface area contributed by atoms with Crippen LogP contribution in [0.2, 0.25) is 5.02 Å². The van der Waals surface area contributed by atoms with Crippen LogP contribution in [0, 0.1) is 0 Å². The molecule has 0 aliphatic rings. The van der Waals surface area contributed by atoms with Gasteiger partial charge in [0.05, 0.1) is 37.8 Å². The van der Waals surface area contributed by atoms with Crippen molar-refractivity contribution in [3.63, 3.8) is 0 Å². The quantitative estimate of drug-likeness (QED) is 0.442. The number of methoxy groups -OCH3 is 1. The summed E-state index contributed by atoms with van der Waals surface area (Å²) in [5, 5.41) is 9.01. The first-order valence-corrected chi connectivity index (χ1v) is 10.5. The summed E-state index contributed by atoms with van der Waals surface area (Å²) < 4.78 is 6.36. The van der Waals surface area contributed by atoms with Gasteiger partial charge in [-0.25, -0.2) is 4.68 Å². The predicted octanol–water partition coefficient (Wildman–Crippen LogP) is -0.278. The number of esters is 1. The second-order valence-electron chi connectivity index (χ2n) is 7.30. The average Bonchev–Trinajstić information content (AvgIpc) is 2.77. The van der Waals surface area contributed by atoms with E-state index in [9.17, 15) is 9.59 Å². The van der Waals surface area contributed by atoms with Crippen molar-refractivity contribution in [2.45, 2.75) is 31.7 Å². The Morgan fingerprint density at radius 1 is 1.13 bits per heavy atom. The molecule has 0 aliphatic heterocycles. The van der Waals surface area contributed by atoms with Gasteiger partial charge in [0.2, 0.25) is 0 Å². The maximum absolute atomic E-state index is 13.3. The van der Waals surface area contributed by atoms with E-state index in [0.717, 1.165) is 29.6 Å². The largest absolute Gasteiger partial charge is 1.00 e. The predicted molar refractivity (Wildman–Crippen MR) is 118 cm³/mol. The molecule has 1 atom stereocenters. The van der Waals surface area contributed by atoms with Gasteiger partial charge in [0.25, 0.3) is 5.56 Å². The second kappa shape index (κ2) is 11.8. The number of aromatic nitrogens is 2. The fraction of sp³-hybridized carbons (Fsp3) is 0.348. The molecule has 0 aliphatic carbocycles. The molecular formula is C23H27Cl2N3O3. The summed E-state index contributed by atoms with van der Waals surface area (Å²) in [6.45, 7) is 0.833. The molecule has 6 nitrogen and oxygen atoms in total. The number of hydrogen-bond donors (Lipinski definition) is 1. The molecule has 0 amide bonds. The third-order valence-electron chi connectivity index (χ3n) is 5.23. The van der Waals surface area contributed by atoms with Crippen LogP contribution in [-0.4, -0.2) is 36.5 Å². The minimum atomic E-state index is -0.282. The van der Waals surface area contributed by atoms with Gasteiger partial charge in [-0.2, -0.15) is 5.10 Å². The number of halogens is 2. The molecule has 0 radical (unpaired) electrons.